The standard InChI is InChI=1S/C7H5Cl2NO2/c1-3-4(8)2-10-6(9)5(3)7(11)12/h2H,1H3,(H,11,12). The first-order valence-corrected chi connectivity index (χ1v) is 3.83. The maximum atomic E-state index is 10.6. The van der Waals surface area contributed by atoms with Crippen molar-refractivity contribution in [2.75, 3.05) is 0 Å². The quantitative estimate of drug-likeness (QED) is 0.717. The van der Waals surface area contributed by atoms with Crippen LogP contribution >= 0.6 is 23.2 Å². The molecule has 12 heavy (non-hydrogen) atoms. The van der Waals surface area contributed by atoms with E-state index in [0.29, 0.717) is 10.6 Å². The normalized spacial score (nSPS) is 9.92. The fourth-order valence-electron chi connectivity index (χ4n) is 0.797. The van der Waals surface area contributed by atoms with E-state index < -0.39 is 5.97 Å². The van der Waals surface area contributed by atoms with Crippen LogP contribution in [0.25, 0.3) is 0 Å². The number of halogens is 2. The molecule has 3 nitrogen and oxygen atoms in total. The van der Waals surface area contributed by atoms with Gasteiger partial charge in [0.2, 0.25) is 0 Å². The lowest BCUT2D eigenvalue weighted by atomic mass is 10.2. The molecule has 5 heteroatoms. The van der Waals surface area contributed by atoms with Gasteiger partial charge in [-0.2, -0.15) is 0 Å². The summed E-state index contributed by atoms with van der Waals surface area (Å²) in [5.74, 6) is -1.12. The third-order valence-corrected chi connectivity index (χ3v) is 2.11. The van der Waals surface area contributed by atoms with Crippen molar-refractivity contribution in [2.24, 2.45) is 0 Å². The maximum absolute atomic E-state index is 10.6. The van der Waals surface area contributed by atoms with E-state index in [1.165, 1.54) is 6.20 Å². The average Bonchev–Trinajstić information content (AvgIpc) is 1.97. The summed E-state index contributed by atoms with van der Waals surface area (Å²) in [4.78, 5) is 14.2. The van der Waals surface area contributed by atoms with Crippen LogP contribution in [0.1, 0.15) is 15.9 Å². The number of hydrogen-bond donors (Lipinski definition) is 1. The predicted molar refractivity (Wildman–Crippen MR) is 46.0 cm³/mol. The van der Waals surface area contributed by atoms with Crippen LogP contribution in [0, 0.1) is 6.92 Å². The second kappa shape index (κ2) is 3.29. The molecule has 0 amide bonds. The molecular weight excluding hydrogens is 201 g/mol. The van der Waals surface area contributed by atoms with E-state index in [9.17, 15) is 4.79 Å². The summed E-state index contributed by atoms with van der Waals surface area (Å²) < 4.78 is 0. The Morgan fingerprint density at radius 3 is 2.58 bits per heavy atom. The Morgan fingerprint density at radius 2 is 2.17 bits per heavy atom. The summed E-state index contributed by atoms with van der Waals surface area (Å²) in [6, 6.07) is 0. The number of pyridine rings is 1. The smallest absolute Gasteiger partial charge is 0.339 e. The molecule has 0 fully saturated rings. The fourth-order valence-corrected chi connectivity index (χ4v) is 1.21. The molecule has 0 unspecified atom stereocenters. The fraction of sp³-hybridized carbons (Fsp3) is 0.143. The number of aromatic nitrogens is 1. The molecule has 0 atom stereocenters. The van der Waals surface area contributed by atoms with E-state index in [0.717, 1.165) is 0 Å². The van der Waals surface area contributed by atoms with Crippen LogP contribution in [0.3, 0.4) is 0 Å². The number of hydrogen-bond acceptors (Lipinski definition) is 2. The van der Waals surface area contributed by atoms with Crippen LogP contribution in [0.5, 0.6) is 0 Å². The predicted octanol–water partition coefficient (Wildman–Crippen LogP) is 2.40. The number of carboxylic acids is 1. The van der Waals surface area contributed by atoms with Crippen molar-refractivity contribution in [3.05, 3.63) is 27.5 Å². The summed E-state index contributed by atoms with van der Waals surface area (Å²) in [5.41, 5.74) is 0.397. The van der Waals surface area contributed by atoms with Gasteiger partial charge in [0, 0.05) is 6.20 Å². The average molecular weight is 206 g/mol. The van der Waals surface area contributed by atoms with Gasteiger partial charge in [-0.15, -0.1) is 0 Å². The minimum atomic E-state index is -1.12. The summed E-state index contributed by atoms with van der Waals surface area (Å²) in [6.45, 7) is 1.58. The molecule has 0 spiro atoms. The van der Waals surface area contributed by atoms with Crippen LogP contribution in [0.15, 0.2) is 6.20 Å². The third kappa shape index (κ3) is 1.52. The largest absolute Gasteiger partial charge is 0.478 e. The highest BCUT2D eigenvalue weighted by Crippen LogP contribution is 2.23. The van der Waals surface area contributed by atoms with E-state index in [2.05, 4.69) is 4.98 Å². The zero-order valence-electron chi connectivity index (χ0n) is 6.14. The van der Waals surface area contributed by atoms with Crippen molar-refractivity contribution < 1.29 is 9.90 Å². The molecule has 0 aromatic carbocycles. The molecule has 0 radical (unpaired) electrons. The Bertz CT molecular complexity index is 338. The first-order valence-electron chi connectivity index (χ1n) is 3.08. The van der Waals surface area contributed by atoms with Crippen molar-refractivity contribution in [3.63, 3.8) is 0 Å². The second-order valence-corrected chi connectivity index (χ2v) is 2.97. The van der Waals surface area contributed by atoms with Crippen LogP contribution in [0.2, 0.25) is 10.2 Å². The van der Waals surface area contributed by atoms with E-state index in [1.807, 2.05) is 0 Å². The summed E-state index contributed by atoms with van der Waals surface area (Å²) >= 11 is 11.2. The van der Waals surface area contributed by atoms with Crippen molar-refractivity contribution >= 4 is 29.2 Å². The molecular formula is C7H5Cl2NO2. The van der Waals surface area contributed by atoms with Crippen molar-refractivity contribution in [3.8, 4) is 0 Å². The molecule has 1 aromatic heterocycles. The van der Waals surface area contributed by atoms with Gasteiger partial charge in [-0.05, 0) is 12.5 Å². The van der Waals surface area contributed by atoms with Gasteiger partial charge < -0.3 is 5.11 Å². The zero-order chi connectivity index (χ0) is 9.30. The topological polar surface area (TPSA) is 50.2 Å². The molecule has 0 saturated heterocycles. The zero-order valence-corrected chi connectivity index (χ0v) is 7.65. The second-order valence-electron chi connectivity index (χ2n) is 2.20. The highest BCUT2D eigenvalue weighted by molar-refractivity contribution is 6.35. The summed E-state index contributed by atoms with van der Waals surface area (Å²) in [7, 11) is 0. The van der Waals surface area contributed by atoms with E-state index >= 15 is 0 Å². The molecule has 0 aliphatic rings. The summed E-state index contributed by atoms with van der Waals surface area (Å²) in [5, 5.41) is 8.95. The van der Waals surface area contributed by atoms with Crippen molar-refractivity contribution in [1.29, 1.82) is 0 Å². The summed E-state index contributed by atoms with van der Waals surface area (Å²) in [6.07, 6.45) is 1.33. The number of rotatable bonds is 1. The van der Waals surface area contributed by atoms with Crippen LogP contribution in [-0.4, -0.2) is 16.1 Å². The molecule has 0 saturated carbocycles. The number of aromatic carboxylic acids is 1. The SMILES string of the molecule is Cc1c(Cl)cnc(Cl)c1C(=O)O. The van der Waals surface area contributed by atoms with Gasteiger partial charge in [0.25, 0.3) is 0 Å². The highest BCUT2D eigenvalue weighted by atomic mass is 35.5. The van der Waals surface area contributed by atoms with Crippen LogP contribution < -0.4 is 0 Å². The number of nitrogens with zero attached hydrogens (tertiary/aromatic N) is 1. The van der Waals surface area contributed by atoms with Crippen LogP contribution in [0.4, 0.5) is 0 Å². The van der Waals surface area contributed by atoms with Gasteiger partial charge in [-0.3, -0.25) is 0 Å². The molecule has 64 valence electrons. The maximum Gasteiger partial charge on any atom is 0.339 e. The van der Waals surface area contributed by atoms with Crippen molar-refractivity contribution in [2.45, 2.75) is 6.92 Å². The molecule has 1 aromatic rings. The van der Waals surface area contributed by atoms with Crippen LogP contribution in [-0.2, 0) is 0 Å². The molecule has 1 rings (SSSR count). The molecule has 1 N–H and O–H groups in total. The lowest BCUT2D eigenvalue weighted by molar-refractivity contribution is 0.0696. The molecule has 0 aliphatic carbocycles. The van der Waals surface area contributed by atoms with Gasteiger partial charge in [-0.25, -0.2) is 9.78 Å². The van der Waals surface area contributed by atoms with E-state index in [4.69, 9.17) is 28.3 Å². The Labute approximate surface area is 78.9 Å². The minimum Gasteiger partial charge on any atom is -0.478 e. The highest BCUT2D eigenvalue weighted by Gasteiger charge is 2.15. The number of carboxylic acid groups (broad SMARTS) is 1. The Morgan fingerprint density at radius 1 is 1.58 bits per heavy atom. The Balaban J connectivity index is 3.43. The molecule has 0 aliphatic heterocycles. The lowest BCUT2D eigenvalue weighted by Crippen LogP contribution is -2.02. The van der Waals surface area contributed by atoms with Gasteiger partial charge in [0.05, 0.1) is 5.02 Å². The monoisotopic (exact) mass is 205 g/mol. The first-order chi connectivity index (χ1) is 5.54. The number of carbonyl (C=O) groups is 1. The van der Waals surface area contributed by atoms with Crippen molar-refractivity contribution in [1.82, 2.24) is 4.98 Å². The Kier molecular flexibility index (Phi) is 2.55. The lowest BCUT2D eigenvalue weighted by Gasteiger charge is -2.03. The molecule has 0 bridgehead atoms. The molecule has 1 heterocycles. The van der Waals surface area contributed by atoms with Gasteiger partial charge in [-0.1, -0.05) is 23.2 Å². The first kappa shape index (κ1) is 9.29. The Hall–Kier alpha value is -0.800. The van der Waals surface area contributed by atoms with Gasteiger partial charge in [0.1, 0.15) is 10.7 Å². The third-order valence-electron chi connectivity index (χ3n) is 1.44. The van der Waals surface area contributed by atoms with Gasteiger partial charge >= 0.3 is 5.97 Å². The van der Waals surface area contributed by atoms with E-state index in [-0.39, 0.29) is 10.7 Å². The van der Waals surface area contributed by atoms with Gasteiger partial charge in [0.15, 0.2) is 0 Å². The minimum absolute atomic E-state index is 0.0376. The van der Waals surface area contributed by atoms with E-state index in [1.54, 1.807) is 6.92 Å².